The molecule has 4 heteroatoms. The number of aryl methyl sites for hydroxylation is 1. The molecule has 80 valence electrons. The van der Waals surface area contributed by atoms with E-state index in [-0.39, 0.29) is 0 Å². The molecule has 16 heavy (non-hydrogen) atoms. The third-order valence-electron chi connectivity index (χ3n) is 2.86. The van der Waals surface area contributed by atoms with Gasteiger partial charge in [0.2, 0.25) is 0 Å². The predicted molar refractivity (Wildman–Crippen MR) is 60.9 cm³/mol. The number of nitrogens with zero attached hydrogens (tertiary/aromatic N) is 4. The molecule has 0 N–H and O–H groups in total. The Hall–Kier alpha value is -1.97. The van der Waals surface area contributed by atoms with Gasteiger partial charge < -0.3 is 4.90 Å². The molecule has 0 unspecified atom stereocenters. The van der Waals surface area contributed by atoms with Crippen LogP contribution in [-0.2, 0) is 13.1 Å². The van der Waals surface area contributed by atoms with Crippen molar-refractivity contribution >= 4 is 5.82 Å². The molecule has 0 saturated carbocycles. The molecule has 0 atom stereocenters. The van der Waals surface area contributed by atoms with E-state index in [0.29, 0.717) is 0 Å². The van der Waals surface area contributed by atoms with Crippen molar-refractivity contribution in [2.45, 2.75) is 20.0 Å². The Morgan fingerprint density at radius 2 is 2.19 bits per heavy atom. The Morgan fingerprint density at radius 1 is 1.25 bits per heavy atom. The minimum Gasteiger partial charge on any atom is -0.346 e. The molecule has 3 heterocycles. The van der Waals surface area contributed by atoms with Gasteiger partial charge in [0.1, 0.15) is 12.1 Å². The maximum absolute atomic E-state index is 4.42. The highest BCUT2D eigenvalue weighted by Crippen LogP contribution is 2.26. The minimum atomic E-state index is 0.829. The van der Waals surface area contributed by atoms with E-state index in [1.165, 1.54) is 11.1 Å². The molecule has 4 nitrogen and oxygen atoms in total. The third kappa shape index (κ3) is 1.43. The molecule has 0 amide bonds. The maximum Gasteiger partial charge on any atom is 0.132 e. The molecule has 0 saturated heterocycles. The molecule has 0 aromatic carbocycles. The number of rotatable bonds is 1. The second kappa shape index (κ2) is 3.56. The average molecular weight is 212 g/mol. The lowest BCUT2D eigenvalue weighted by Gasteiger charge is -2.17. The van der Waals surface area contributed by atoms with Crippen LogP contribution in [0.25, 0.3) is 0 Å². The van der Waals surface area contributed by atoms with Gasteiger partial charge in [-0.1, -0.05) is 6.07 Å². The van der Waals surface area contributed by atoms with Crippen LogP contribution in [0.4, 0.5) is 5.82 Å². The Balaban J connectivity index is 1.95. The second-order valence-electron chi connectivity index (χ2n) is 3.99. The zero-order chi connectivity index (χ0) is 11.0. The van der Waals surface area contributed by atoms with Gasteiger partial charge in [-0.25, -0.2) is 15.0 Å². The van der Waals surface area contributed by atoms with Crippen molar-refractivity contribution in [3.8, 4) is 0 Å². The lowest BCUT2D eigenvalue weighted by molar-refractivity contribution is 0.842. The number of anilines is 1. The number of pyridine rings is 1. The highest BCUT2D eigenvalue weighted by Gasteiger charge is 2.21. The number of aromatic nitrogens is 3. The average Bonchev–Trinajstić information content (AvgIpc) is 2.73. The van der Waals surface area contributed by atoms with Gasteiger partial charge in [-0.15, -0.1) is 0 Å². The first-order valence-corrected chi connectivity index (χ1v) is 5.29. The molecule has 3 rings (SSSR count). The monoisotopic (exact) mass is 212 g/mol. The number of hydrogen-bond acceptors (Lipinski definition) is 4. The Morgan fingerprint density at radius 3 is 3.00 bits per heavy atom. The van der Waals surface area contributed by atoms with Gasteiger partial charge in [0.05, 0.1) is 12.2 Å². The van der Waals surface area contributed by atoms with Crippen LogP contribution in [0.3, 0.4) is 0 Å². The Bertz CT molecular complexity index is 499. The summed E-state index contributed by atoms with van der Waals surface area (Å²) in [5.74, 6) is 1.04. The third-order valence-corrected chi connectivity index (χ3v) is 2.86. The Labute approximate surface area is 94.0 Å². The summed E-state index contributed by atoms with van der Waals surface area (Å²) in [5, 5.41) is 0. The largest absolute Gasteiger partial charge is 0.346 e. The van der Waals surface area contributed by atoms with E-state index in [4.69, 9.17) is 0 Å². The van der Waals surface area contributed by atoms with Crippen LogP contribution in [0.2, 0.25) is 0 Å². The summed E-state index contributed by atoms with van der Waals surface area (Å²) in [4.78, 5) is 15.0. The van der Waals surface area contributed by atoms with Gasteiger partial charge in [0.15, 0.2) is 0 Å². The molecular weight excluding hydrogens is 200 g/mol. The normalized spacial score (nSPS) is 13.9. The van der Waals surface area contributed by atoms with Gasteiger partial charge in [0.25, 0.3) is 0 Å². The van der Waals surface area contributed by atoms with Gasteiger partial charge in [-0.3, -0.25) is 0 Å². The van der Waals surface area contributed by atoms with Crippen LogP contribution >= 0.6 is 0 Å². The summed E-state index contributed by atoms with van der Waals surface area (Å²) in [5.41, 5.74) is 3.51. The first-order chi connectivity index (χ1) is 7.84. The molecule has 0 aliphatic carbocycles. The van der Waals surface area contributed by atoms with E-state index in [1.54, 1.807) is 6.33 Å². The van der Waals surface area contributed by atoms with E-state index < -0.39 is 0 Å². The van der Waals surface area contributed by atoms with Crippen molar-refractivity contribution in [1.82, 2.24) is 15.0 Å². The molecule has 0 bridgehead atoms. The summed E-state index contributed by atoms with van der Waals surface area (Å²) in [6.07, 6.45) is 5.32. The van der Waals surface area contributed by atoms with Crippen LogP contribution in [0.1, 0.15) is 16.8 Å². The van der Waals surface area contributed by atoms with E-state index in [9.17, 15) is 0 Å². The lowest BCUT2D eigenvalue weighted by atomic mass is 10.3. The molecule has 2 aromatic heterocycles. The Kier molecular flexibility index (Phi) is 2.06. The predicted octanol–water partition coefficient (Wildman–Crippen LogP) is 1.70. The molecule has 1 aliphatic rings. The number of fused-ring (bicyclic) bond motifs is 1. The maximum atomic E-state index is 4.42. The molecule has 2 aromatic rings. The van der Waals surface area contributed by atoms with Crippen LogP contribution in [0.5, 0.6) is 0 Å². The van der Waals surface area contributed by atoms with E-state index in [2.05, 4.69) is 32.8 Å². The van der Waals surface area contributed by atoms with Crippen molar-refractivity contribution in [3.05, 3.63) is 47.7 Å². The lowest BCUT2D eigenvalue weighted by Crippen LogP contribution is -2.17. The van der Waals surface area contributed by atoms with Crippen LogP contribution in [0, 0.1) is 6.92 Å². The van der Waals surface area contributed by atoms with Gasteiger partial charge in [-0.2, -0.15) is 0 Å². The minimum absolute atomic E-state index is 0.829. The standard InChI is InChI=1S/C12H12N4/c1-9-3-2-4-14-12(9)16-6-10-5-13-8-15-11(10)7-16/h2-5,8H,6-7H2,1H3. The highest BCUT2D eigenvalue weighted by atomic mass is 15.2. The van der Waals surface area contributed by atoms with E-state index in [0.717, 1.165) is 24.6 Å². The fraction of sp³-hybridized carbons (Fsp3) is 0.250. The van der Waals surface area contributed by atoms with E-state index >= 15 is 0 Å². The fourth-order valence-electron chi connectivity index (χ4n) is 2.06. The topological polar surface area (TPSA) is 41.9 Å². The summed E-state index contributed by atoms with van der Waals surface area (Å²) < 4.78 is 0. The summed E-state index contributed by atoms with van der Waals surface area (Å²) in [6, 6.07) is 4.04. The van der Waals surface area contributed by atoms with Gasteiger partial charge in [-0.05, 0) is 18.6 Å². The van der Waals surface area contributed by atoms with Crippen molar-refractivity contribution in [2.75, 3.05) is 4.90 Å². The molecule has 0 fully saturated rings. The number of hydrogen-bond donors (Lipinski definition) is 0. The summed E-state index contributed by atoms with van der Waals surface area (Å²) >= 11 is 0. The van der Waals surface area contributed by atoms with Crippen molar-refractivity contribution in [2.24, 2.45) is 0 Å². The van der Waals surface area contributed by atoms with Crippen molar-refractivity contribution in [3.63, 3.8) is 0 Å². The van der Waals surface area contributed by atoms with Crippen molar-refractivity contribution < 1.29 is 0 Å². The second-order valence-corrected chi connectivity index (χ2v) is 3.99. The van der Waals surface area contributed by atoms with E-state index in [1.807, 2.05) is 18.5 Å². The molecule has 0 spiro atoms. The summed E-state index contributed by atoms with van der Waals surface area (Å²) in [7, 11) is 0. The summed E-state index contributed by atoms with van der Waals surface area (Å²) in [6.45, 7) is 3.76. The smallest absolute Gasteiger partial charge is 0.132 e. The first kappa shape index (κ1) is 9.27. The molecule has 1 aliphatic heterocycles. The van der Waals surface area contributed by atoms with Crippen LogP contribution < -0.4 is 4.90 Å². The van der Waals surface area contributed by atoms with Gasteiger partial charge in [0, 0.05) is 24.5 Å². The molecule has 0 radical (unpaired) electrons. The zero-order valence-corrected chi connectivity index (χ0v) is 9.09. The van der Waals surface area contributed by atoms with Crippen LogP contribution in [0.15, 0.2) is 30.9 Å². The quantitative estimate of drug-likeness (QED) is 0.721. The van der Waals surface area contributed by atoms with Crippen molar-refractivity contribution in [1.29, 1.82) is 0 Å². The molecular formula is C12H12N4. The first-order valence-electron chi connectivity index (χ1n) is 5.29. The van der Waals surface area contributed by atoms with Crippen LogP contribution in [-0.4, -0.2) is 15.0 Å². The zero-order valence-electron chi connectivity index (χ0n) is 9.09. The fourth-order valence-corrected chi connectivity index (χ4v) is 2.06. The highest BCUT2D eigenvalue weighted by molar-refractivity contribution is 5.49. The van der Waals surface area contributed by atoms with Gasteiger partial charge >= 0.3 is 0 Å². The SMILES string of the molecule is Cc1cccnc1N1Cc2cncnc2C1.